The third-order valence-electron chi connectivity index (χ3n) is 6.12. The van der Waals surface area contributed by atoms with Crippen LogP contribution in [0.1, 0.15) is 61.9 Å². The van der Waals surface area contributed by atoms with Crippen molar-refractivity contribution < 1.29 is 23.1 Å². The summed E-state index contributed by atoms with van der Waals surface area (Å²) in [5.74, 6) is 0.732. The highest BCUT2D eigenvalue weighted by Gasteiger charge is 2.29. The van der Waals surface area contributed by atoms with Gasteiger partial charge in [0, 0.05) is 41.9 Å². The van der Waals surface area contributed by atoms with Crippen LogP contribution in [0, 0.1) is 12.8 Å². The first kappa shape index (κ1) is 24.7. The van der Waals surface area contributed by atoms with E-state index < -0.39 is 15.9 Å². The van der Waals surface area contributed by atoms with Gasteiger partial charge in [0.15, 0.2) is 15.7 Å². The Labute approximate surface area is 193 Å². The Morgan fingerprint density at radius 3 is 2.73 bits per heavy atom. The molecule has 33 heavy (non-hydrogen) atoms. The minimum Gasteiger partial charge on any atom is -0.465 e. The summed E-state index contributed by atoms with van der Waals surface area (Å²) in [6, 6.07) is 3.37. The number of rotatable bonds is 9. The van der Waals surface area contributed by atoms with Crippen LogP contribution in [-0.2, 0) is 21.1 Å². The number of aryl methyl sites for hydroxylation is 1. The minimum atomic E-state index is -3.50. The van der Waals surface area contributed by atoms with Crippen LogP contribution < -0.4 is 10.6 Å². The summed E-state index contributed by atoms with van der Waals surface area (Å²) in [5, 5.41) is 21.5. The van der Waals surface area contributed by atoms with E-state index in [1.54, 1.807) is 13.0 Å². The number of carboxylic acid groups (broad SMARTS) is 1. The summed E-state index contributed by atoms with van der Waals surface area (Å²) in [5.41, 5.74) is 1.97. The van der Waals surface area contributed by atoms with Crippen LogP contribution in [0.4, 0.5) is 10.6 Å². The number of aromatic nitrogens is 3. The zero-order valence-corrected chi connectivity index (χ0v) is 19.9. The molecule has 1 aliphatic carbocycles. The number of carbonyl (C=O) groups excluding carboxylic acids is 1. The van der Waals surface area contributed by atoms with Gasteiger partial charge in [-0.2, -0.15) is 5.10 Å². The molecule has 3 unspecified atom stereocenters. The van der Waals surface area contributed by atoms with Gasteiger partial charge in [0.1, 0.15) is 0 Å². The molecule has 0 aromatic carbocycles. The average Bonchev–Trinajstić information content (AvgIpc) is 3.35. The van der Waals surface area contributed by atoms with Gasteiger partial charge in [-0.05, 0) is 56.6 Å². The summed E-state index contributed by atoms with van der Waals surface area (Å²) in [6.07, 6.45) is 5.76. The molecule has 2 heterocycles. The highest BCUT2D eigenvalue weighted by Crippen LogP contribution is 2.40. The lowest BCUT2D eigenvalue weighted by Crippen LogP contribution is -2.34. The van der Waals surface area contributed by atoms with Crippen LogP contribution in [0.2, 0.25) is 0 Å². The first-order valence-electron chi connectivity index (χ1n) is 11.0. The van der Waals surface area contributed by atoms with Crippen LogP contribution in [-0.4, -0.2) is 53.0 Å². The molecule has 3 rings (SSSR count). The van der Waals surface area contributed by atoms with E-state index in [1.807, 2.05) is 13.0 Å². The largest absolute Gasteiger partial charge is 0.465 e. The molecule has 0 aliphatic heterocycles. The number of anilines is 1. The van der Waals surface area contributed by atoms with E-state index in [9.17, 15) is 18.0 Å². The fourth-order valence-electron chi connectivity index (χ4n) is 4.52. The lowest BCUT2D eigenvalue weighted by Gasteiger charge is -2.19. The highest BCUT2D eigenvalue weighted by molar-refractivity contribution is 7.90. The van der Waals surface area contributed by atoms with E-state index in [1.165, 1.54) is 6.20 Å². The van der Waals surface area contributed by atoms with Crippen LogP contribution in [0.15, 0.2) is 23.2 Å². The molecule has 0 radical (unpaired) electrons. The second-order valence-electron chi connectivity index (χ2n) is 8.81. The number of carbonyl (C=O) groups is 2. The quantitative estimate of drug-likeness (QED) is 0.433. The Morgan fingerprint density at radius 2 is 2.06 bits per heavy atom. The summed E-state index contributed by atoms with van der Waals surface area (Å²) < 4.78 is 24.0. The van der Waals surface area contributed by atoms with Crippen molar-refractivity contribution in [2.45, 2.75) is 69.2 Å². The molecule has 1 aliphatic rings. The van der Waals surface area contributed by atoms with Gasteiger partial charge in [0.25, 0.3) is 0 Å². The molecule has 3 atom stereocenters. The number of nitrogens with one attached hydrogen (secondary N) is 3. The van der Waals surface area contributed by atoms with Gasteiger partial charge in [-0.15, -0.1) is 0 Å². The van der Waals surface area contributed by atoms with Gasteiger partial charge in [-0.3, -0.25) is 14.9 Å². The maximum absolute atomic E-state index is 12.6. The van der Waals surface area contributed by atoms with Crippen LogP contribution in [0.5, 0.6) is 0 Å². The second-order valence-corrected chi connectivity index (χ2v) is 10.8. The van der Waals surface area contributed by atoms with Crippen LogP contribution in [0.3, 0.4) is 0 Å². The Hall–Kier alpha value is -2.95. The van der Waals surface area contributed by atoms with Gasteiger partial charge in [-0.25, -0.2) is 13.2 Å². The summed E-state index contributed by atoms with van der Waals surface area (Å²) in [6.45, 7) is 3.71. The smallest absolute Gasteiger partial charge is 0.404 e. The van der Waals surface area contributed by atoms with Gasteiger partial charge in [0.05, 0.1) is 11.3 Å². The number of pyridine rings is 1. The molecule has 4 N–H and O–H groups in total. The molecule has 2 aromatic rings. The highest BCUT2D eigenvalue weighted by atomic mass is 32.2. The zero-order valence-electron chi connectivity index (χ0n) is 19.1. The molecule has 0 bridgehead atoms. The lowest BCUT2D eigenvalue weighted by atomic mass is 9.95. The maximum atomic E-state index is 12.6. The first-order chi connectivity index (χ1) is 15.5. The number of sulfone groups is 1. The Morgan fingerprint density at radius 1 is 1.30 bits per heavy atom. The van der Waals surface area contributed by atoms with Crippen molar-refractivity contribution in [3.8, 4) is 0 Å². The molecule has 1 saturated carbocycles. The van der Waals surface area contributed by atoms with Gasteiger partial charge >= 0.3 is 6.09 Å². The number of nitrogens with zero attached hydrogens (tertiary/aromatic N) is 2. The molecular weight excluding hydrogens is 446 g/mol. The summed E-state index contributed by atoms with van der Waals surface area (Å²) >= 11 is 0. The maximum Gasteiger partial charge on any atom is 0.404 e. The predicted octanol–water partition coefficient (Wildman–Crippen LogP) is 3.02. The molecule has 2 aromatic heterocycles. The van der Waals surface area contributed by atoms with Gasteiger partial charge < -0.3 is 15.7 Å². The fourth-order valence-corrected chi connectivity index (χ4v) is 5.37. The van der Waals surface area contributed by atoms with E-state index in [-0.39, 0.29) is 29.2 Å². The van der Waals surface area contributed by atoms with Gasteiger partial charge in [-0.1, -0.05) is 6.92 Å². The van der Waals surface area contributed by atoms with Crippen molar-refractivity contribution in [3.63, 3.8) is 0 Å². The molecule has 10 nitrogen and oxygen atoms in total. The second kappa shape index (κ2) is 10.3. The van der Waals surface area contributed by atoms with Gasteiger partial charge in [0.2, 0.25) is 5.91 Å². The fraction of sp³-hybridized carbons (Fsp3) is 0.545. The van der Waals surface area contributed by atoms with E-state index in [0.717, 1.165) is 44.1 Å². The topological polar surface area (TPSA) is 154 Å². The Bertz CT molecular complexity index is 1110. The standard InChI is InChI=1S/C22H31N5O5S/c1-4-17(24-22(29)30)9-14-5-6-15(8-14)18-11-20(27-26-18)25-21(28)10-16-7-13(2)23-12-19(16)33(3,31)32/h7,11-12,14-15,17,24H,4-6,8-10H2,1-3H3,(H,29,30)(H2,25,26,27,28). The third-order valence-corrected chi connectivity index (χ3v) is 7.29. The normalized spacial score (nSPS) is 19.2. The molecule has 2 amide bonds. The Kier molecular flexibility index (Phi) is 7.72. The molecule has 0 spiro atoms. The molecule has 0 saturated heterocycles. The SMILES string of the molecule is CCC(CC1CCC(c2cc(NC(=O)Cc3cc(C)ncc3S(C)(=O)=O)n[nH]2)C1)NC(=O)O. The molecule has 1 fully saturated rings. The van der Waals surface area contributed by atoms with E-state index in [2.05, 4.69) is 25.8 Å². The van der Waals surface area contributed by atoms with Crippen molar-refractivity contribution in [1.82, 2.24) is 20.5 Å². The number of amides is 2. The van der Waals surface area contributed by atoms with Crippen LogP contribution in [0.25, 0.3) is 0 Å². The van der Waals surface area contributed by atoms with E-state index in [0.29, 0.717) is 23.0 Å². The summed E-state index contributed by atoms with van der Waals surface area (Å²) in [7, 11) is -3.50. The van der Waals surface area contributed by atoms with Crippen LogP contribution >= 0.6 is 0 Å². The van der Waals surface area contributed by atoms with E-state index in [4.69, 9.17) is 5.11 Å². The number of H-pyrrole nitrogens is 1. The molecule has 180 valence electrons. The predicted molar refractivity (Wildman–Crippen MR) is 123 cm³/mol. The van der Waals surface area contributed by atoms with E-state index >= 15 is 0 Å². The average molecular weight is 478 g/mol. The van der Waals surface area contributed by atoms with Crippen molar-refractivity contribution in [1.29, 1.82) is 0 Å². The Balaban J connectivity index is 1.59. The number of hydrogen-bond acceptors (Lipinski definition) is 6. The van der Waals surface area contributed by atoms with Crippen molar-refractivity contribution in [3.05, 3.63) is 35.3 Å². The number of aromatic amines is 1. The monoisotopic (exact) mass is 477 g/mol. The first-order valence-corrected chi connectivity index (χ1v) is 12.9. The lowest BCUT2D eigenvalue weighted by molar-refractivity contribution is -0.115. The number of hydrogen-bond donors (Lipinski definition) is 4. The third kappa shape index (κ3) is 6.77. The van der Waals surface area contributed by atoms with Crippen molar-refractivity contribution in [2.24, 2.45) is 5.92 Å². The molecular formula is C22H31N5O5S. The van der Waals surface area contributed by atoms with Crippen molar-refractivity contribution in [2.75, 3.05) is 11.6 Å². The molecule has 11 heteroatoms. The summed E-state index contributed by atoms with van der Waals surface area (Å²) in [4.78, 5) is 27.6. The zero-order chi connectivity index (χ0) is 24.2. The van der Waals surface area contributed by atoms with Crippen molar-refractivity contribution >= 4 is 27.7 Å². The minimum absolute atomic E-state index is 0.0449.